The van der Waals surface area contributed by atoms with Gasteiger partial charge in [-0.15, -0.1) is 10.2 Å². The molecule has 4 nitrogen and oxygen atoms in total. The molecule has 4 saturated carbocycles. The number of aromatic nitrogens is 2. The van der Waals surface area contributed by atoms with E-state index in [4.69, 9.17) is 0 Å². The summed E-state index contributed by atoms with van der Waals surface area (Å²) in [6.07, 6.45) is 8.41. The molecule has 5 rings (SSSR count). The number of amides is 1. The Morgan fingerprint density at radius 3 is 2.27 bits per heavy atom. The van der Waals surface area contributed by atoms with Crippen LogP contribution in [0, 0.1) is 29.1 Å². The van der Waals surface area contributed by atoms with Gasteiger partial charge in [0.2, 0.25) is 5.91 Å². The van der Waals surface area contributed by atoms with E-state index in [-0.39, 0.29) is 5.91 Å². The summed E-state index contributed by atoms with van der Waals surface area (Å²) in [6, 6.07) is 0. The molecule has 1 amide bonds. The summed E-state index contributed by atoms with van der Waals surface area (Å²) in [5.41, 5.74) is 0.415. The zero-order valence-electron chi connectivity index (χ0n) is 15.7. The van der Waals surface area contributed by atoms with Crippen LogP contribution < -0.4 is 5.32 Å². The maximum Gasteiger partial charge on any atom is 0.230 e. The molecule has 4 fully saturated rings. The quantitative estimate of drug-likeness (QED) is 0.628. The number of hydrogen-bond donors (Lipinski definition) is 1. The summed E-state index contributed by atoms with van der Waals surface area (Å²) >= 11 is 4.88. The lowest BCUT2D eigenvalue weighted by Gasteiger charge is -2.56. The minimum absolute atomic E-state index is 0.150. The molecule has 1 N–H and O–H groups in total. The van der Waals surface area contributed by atoms with Crippen molar-refractivity contribution in [3.05, 3.63) is 0 Å². The minimum Gasteiger partial charge on any atom is -0.355 e. The summed E-state index contributed by atoms with van der Waals surface area (Å²) in [5, 5.41) is 11.7. The molecule has 0 spiro atoms. The molecule has 0 saturated heterocycles. The molecule has 4 aliphatic rings. The van der Waals surface area contributed by atoms with Gasteiger partial charge in [-0.1, -0.05) is 48.7 Å². The predicted octanol–water partition coefficient (Wildman–Crippen LogP) is 4.71. The van der Waals surface area contributed by atoms with E-state index in [0.717, 1.165) is 38.7 Å². The van der Waals surface area contributed by atoms with Gasteiger partial charge in [0.15, 0.2) is 8.68 Å². The molecule has 0 aliphatic heterocycles. The van der Waals surface area contributed by atoms with Gasteiger partial charge in [0.25, 0.3) is 0 Å². The van der Waals surface area contributed by atoms with E-state index < -0.39 is 0 Å². The molecule has 144 valence electrons. The van der Waals surface area contributed by atoms with Gasteiger partial charge in [-0.25, -0.2) is 0 Å². The molecule has 26 heavy (non-hydrogen) atoms. The number of carbonyl (C=O) groups is 1. The van der Waals surface area contributed by atoms with Crippen LogP contribution in [-0.4, -0.2) is 34.2 Å². The highest BCUT2D eigenvalue weighted by atomic mass is 32.2. The highest BCUT2D eigenvalue weighted by Gasteiger charge is 2.50. The van der Waals surface area contributed by atoms with Crippen LogP contribution in [0.3, 0.4) is 0 Å². The molecule has 0 atom stereocenters. The van der Waals surface area contributed by atoms with Crippen molar-refractivity contribution in [1.82, 2.24) is 15.5 Å². The summed E-state index contributed by atoms with van der Waals surface area (Å²) in [5.74, 6) is 5.13. The van der Waals surface area contributed by atoms with E-state index in [0.29, 0.717) is 17.1 Å². The summed E-state index contributed by atoms with van der Waals surface area (Å²) < 4.78 is 1.91. The average molecular weight is 412 g/mol. The lowest BCUT2D eigenvalue weighted by molar-refractivity contribution is -0.120. The van der Waals surface area contributed by atoms with Crippen LogP contribution >= 0.6 is 34.9 Å². The van der Waals surface area contributed by atoms with Gasteiger partial charge >= 0.3 is 0 Å². The molecule has 1 aromatic heterocycles. The molecule has 1 aromatic rings. The molecule has 4 bridgehead atoms. The van der Waals surface area contributed by atoms with E-state index in [2.05, 4.69) is 29.4 Å². The summed E-state index contributed by atoms with van der Waals surface area (Å²) in [4.78, 5) is 12.4. The van der Waals surface area contributed by atoms with Crippen molar-refractivity contribution in [2.24, 2.45) is 29.1 Å². The van der Waals surface area contributed by atoms with Gasteiger partial charge in [-0.05, 0) is 67.6 Å². The SMILES string of the molecule is CC(C)CSc1nnc(SCC(=O)NCC23CC4CC(CC(C4)C2)C3)s1. The summed E-state index contributed by atoms with van der Waals surface area (Å²) in [6.45, 7) is 5.30. The monoisotopic (exact) mass is 411 g/mol. The van der Waals surface area contributed by atoms with Crippen molar-refractivity contribution in [2.45, 2.75) is 61.1 Å². The number of nitrogens with zero attached hydrogens (tertiary/aromatic N) is 2. The third kappa shape index (κ3) is 4.58. The van der Waals surface area contributed by atoms with Gasteiger partial charge in [0, 0.05) is 12.3 Å². The van der Waals surface area contributed by atoms with Crippen molar-refractivity contribution < 1.29 is 4.79 Å². The molecule has 0 unspecified atom stereocenters. The van der Waals surface area contributed by atoms with E-state index >= 15 is 0 Å². The smallest absolute Gasteiger partial charge is 0.230 e. The second kappa shape index (κ2) is 8.00. The number of carbonyl (C=O) groups excluding carboxylic acids is 1. The van der Waals surface area contributed by atoms with Crippen LogP contribution in [0.25, 0.3) is 0 Å². The Hall–Kier alpha value is -0.270. The largest absolute Gasteiger partial charge is 0.355 e. The minimum atomic E-state index is 0.150. The molecular formula is C19H29N3OS3. The van der Waals surface area contributed by atoms with E-state index in [1.807, 2.05) is 0 Å². The topological polar surface area (TPSA) is 54.9 Å². The normalized spacial score (nSPS) is 32.3. The van der Waals surface area contributed by atoms with Crippen molar-refractivity contribution >= 4 is 40.8 Å². The Labute approximate surface area is 169 Å². The Balaban J connectivity index is 1.21. The molecular weight excluding hydrogens is 382 g/mol. The van der Waals surface area contributed by atoms with E-state index in [1.165, 1.54) is 50.3 Å². The number of hydrogen-bond acceptors (Lipinski definition) is 6. The van der Waals surface area contributed by atoms with Crippen LogP contribution in [0.2, 0.25) is 0 Å². The predicted molar refractivity (Wildman–Crippen MR) is 110 cm³/mol. The number of rotatable bonds is 8. The lowest BCUT2D eigenvalue weighted by Crippen LogP contribution is -2.51. The number of thioether (sulfide) groups is 2. The highest BCUT2D eigenvalue weighted by molar-refractivity contribution is 8.03. The Morgan fingerprint density at radius 1 is 1.12 bits per heavy atom. The first-order chi connectivity index (χ1) is 12.5. The van der Waals surface area contributed by atoms with Crippen LogP contribution in [0.1, 0.15) is 52.4 Å². The number of nitrogens with one attached hydrogen (secondary N) is 1. The zero-order valence-corrected chi connectivity index (χ0v) is 18.2. The zero-order chi connectivity index (χ0) is 18.1. The molecule has 7 heteroatoms. The molecule has 0 radical (unpaired) electrons. The second-order valence-electron chi connectivity index (χ2n) is 9.02. The highest BCUT2D eigenvalue weighted by Crippen LogP contribution is 2.59. The fraction of sp³-hybridized carbons (Fsp3) is 0.842. The Bertz CT molecular complexity index is 610. The van der Waals surface area contributed by atoms with Crippen molar-refractivity contribution in [3.63, 3.8) is 0 Å². The van der Waals surface area contributed by atoms with Crippen LogP contribution in [0.5, 0.6) is 0 Å². The lowest BCUT2D eigenvalue weighted by atomic mass is 9.49. The van der Waals surface area contributed by atoms with Gasteiger partial charge in [-0.2, -0.15) is 0 Å². The van der Waals surface area contributed by atoms with Crippen LogP contribution in [-0.2, 0) is 4.79 Å². The maximum atomic E-state index is 12.4. The Morgan fingerprint density at radius 2 is 1.69 bits per heavy atom. The molecule has 4 aliphatic carbocycles. The second-order valence-corrected chi connectivity index (χ2v) is 12.5. The van der Waals surface area contributed by atoms with Gasteiger partial charge < -0.3 is 5.32 Å². The van der Waals surface area contributed by atoms with Gasteiger partial charge in [0.05, 0.1) is 5.75 Å². The fourth-order valence-corrected chi connectivity index (χ4v) is 8.35. The third-order valence-corrected chi connectivity index (χ3v) is 9.70. The Kier molecular flexibility index (Phi) is 5.86. The fourth-order valence-electron chi connectivity index (χ4n) is 5.52. The van der Waals surface area contributed by atoms with Crippen molar-refractivity contribution in [2.75, 3.05) is 18.1 Å². The van der Waals surface area contributed by atoms with Gasteiger partial charge in [-0.3, -0.25) is 4.79 Å². The van der Waals surface area contributed by atoms with Gasteiger partial charge in [0.1, 0.15) is 0 Å². The third-order valence-electron chi connectivity index (χ3n) is 6.08. The first kappa shape index (κ1) is 19.1. The maximum absolute atomic E-state index is 12.4. The first-order valence-corrected chi connectivity index (χ1v) is 12.6. The van der Waals surface area contributed by atoms with Crippen LogP contribution in [0.15, 0.2) is 8.68 Å². The van der Waals surface area contributed by atoms with E-state index in [1.54, 1.807) is 23.1 Å². The summed E-state index contributed by atoms with van der Waals surface area (Å²) in [7, 11) is 0. The van der Waals surface area contributed by atoms with Crippen molar-refractivity contribution in [1.29, 1.82) is 0 Å². The molecule has 1 heterocycles. The standard InChI is InChI=1S/C19H29N3OS3/c1-12(2)9-24-17-21-22-18(26-17)25-10-16(23)20-11-19-6-13-3-14(7-19)5-15(4-13)8-19/h12-15H,3-11H2,1-2H3,(H,20,23). The average Bonchev–Trinajstić information content (AvgIpc) is 3.03. The first-order valence-electron chi connectivity index (χ1n) is 9.85. The van der Waals surface area contributed by atoms with Crippen molar-refractivity contribution in [3.8, 4) is 0 Å². The van der Waals surface area contributed by atoms with E-state index in [9.17, 15) is 4.79 Å². The van der Waals surface area contributed by atoms with Crippen LogP contribution in [0.4, 0.5) is 0 Å². The molecule has 0 aromatic carbocycles.